The van der Waals surface area contributed by atoms with Crippen LogP contribution in [0.1, 0.15) is 108 Å². The van der Waals surface area contributed by atoms with Crippen molar-refractivity contribution in [3.63, 3.8) is 0 Å². The maximum Gasteiger partial charge on any atom is 0.335 e. The first-order chi connectivity index (χ1) is 17.4. The van der Waals surface area contributed by atoms with E-state index in [9.17, 15) is 24.6 Å². The van der Waals surface area contributed by atoms with Gasteiger partial charge in [-0.2, -0.15) is 0 Å². The number of carboxylic acid groups (broad SMARTS) is 1. The van der Waals surface area contributed by atoms with Gasteiger partial charge in [0.15, 0.2) is 6.10 Å². The number of aliphatic hydroxyl groups is 1. The predicted molar refractivity (Wildman–Crippen MR) is 151 cm³/mol. The Bertz CT molecular complexity index is 806. The molecular weight excluding hydrogens is 484 g/mol. The molecule has 0 aromatic heterocycles. The van der Waals surface area contributed by atoms with E-state index >= 15 is 0 Å². The highest BCUT2D eigenvalue weighted by atomic mass is 16.6. The summed E-state index contributed by atoms with van der Waals surface area (Å²) >= 11 is 0. The molecule has 0 amide bonds. The molecule has 5 unspecified atom stereocenters. The molecule has 0 saturated heterocycles. The molecule has 6 atom stereocenters. The predicted octanol–water partition coefficient (Wildman–Crippen LogP) is 6.73. The molecule has 38 heavy (non-hydrogen) atoms. The van der Waals surface area contributed by atoms with E-state index in [-0.39, 0.29) is 25.0 Å². The smallest absolute Gasteiger partial charge is 0.335 e. The van der Waals surface area contributed by atoms with Crippen LogP contribution in [0.3, 0.4) is 0 Å². The molecule has 0 saturated carbocycles. The van der Waals surface area contributed by atoms with Crippen LogP contribution in [0.2, 0.25) is 0 Å². The summed E-state index contributed by atoms with van der Waals surface area (Å²) in [5, 5.41) is 19.6. The number of rotatable bonds is 17. The molecule has 0 rings (SSSR count). The molecule has 0 radical (unpaired) electrons. The van der Waals surface area contributed by atoms with E-state index < -0.39 is 35.5 Å². The summed E-state index contributed by atoms with van der Waals surface area (Å²) in [7, 11) is 0. The molecule has 0 bridgehead atoms. The Morgan fingerprint density at radius 1 is 0.895 bits per heavy atom. The molecule has 0 heterocycles. The van der Waals surface area contributed by atoms with Gasteiger partial charge in [-0.05, 0) is 83.1 Å². The third-order valence-electron chi connectivity index (χ3n) is 6.55. The summed E-state index contributed by atoms with van der Waals surface area (Å²) < 4.78 is 10.3. The Morgan fingerprint density at radius 3 is 1.97 bits per heavy atom. The Hall–Kier alpha value is -2.15. The summed E-state index contributed by atoms with van der Waals surface area (Å²) in [6.07, 6.45) is 6.94. The van der Waals surface area contributed by atoms with E-state index in [4.69, 9.17) is 9.47 Å². The van der Waals surface area contributed by atoms with Crippen LogP contribution in [0.15, 0.2) is 23.3 Å². The molecule has 0 aliphatic heterocycles. The number of hydrogen-bond donors (Lipinski definition) is 2. The second-order valence-corrected chi connectivity index (χ2v) is 12.4. The van der Waals surface area contributed by atoms with E-state index in [1.807, 2.05) is 6.92 Å². The van der Waals surface area contributed by atoms with Crippen molar-refractivity contribution >= 4 is 17.9 Å². The lowest BCUT2D eigenvalue weighted by atomic mass is 9.84. The summed E-state index contributed by atoms with van der Waals surface area (Å²) in [5.41, 5.74) is 0.270. The van der Waals surface area contributed by atoms with Crippen molar-refractivity contribution in [2.45, 2.75) is 119 Å². The highest BCUT2D eigenvalue weighted by Gasteiger charge is 2.25. The molecule has 0 aliphatic carbocycles. The number of esters is 2. The van der Waals surface area contributed by atoms with Crippen LogP contribution in [-0.2, 0) is 23.9 Å². The van der Waals surface area contributed by atoms with Gasteiger partial charge in [0.2, 0.25) is 0 Å². The molecule has 2 N–H and O–H groups in total. The molecule has 0 fully saturated rings. The number of aliphatic carboxylic acids is 1. The number of aliphatic hydroxyl groups excluding tert-OH is 1. The first-order valence-corrected chi connectivity index (χ1v) is 14.1. The van der Waals surface area contributed by atoms with Crippen molar-refractivity contribution in [3.05, 3.63) is 23.3 Å². The number of ether oxygens (including phenoxy) is 2. The second-order valence-electron chi connectivity index (χ2n) is 12.4. The quantitative estimate of drug-likeness (QED) is 0.120. The minimum Gasteiger partial charge on any atom is -0.478 e. The molecule has 0 spiro atoms. The Kier molecular flexibility index (Phi) is 16.5. The number of carbonyl (C=O) groups is 3. The van der Waals surface area contributed by atoms with Gasteiger partial charge >= 0.3 is 17.9 Å². The molecule has 0 aliphatic rings. The molecule has 7 heteroatoms. The first kappa shape index (κ1) is 35.9. The molecule has 0 aromatic carbocycles. The summed E-state index contributed by atoms with van der Waals surface area (Å²) in [4.78, 5) is 36.1. The van der Waals surface area contributed by atoms with Crippen molar-refractivity contribution in [2.24, 2.45) is 29.6 Å². The number of carbonyl (C=O) groups excluding carboxylic acids is 2. The van der Waals surface area contributed by atoms with Crippen LogP contribution >= 0.6 is 0 Å². The third-order valence-corrected chi connectivity index (χ3v) is 6.55. The van der Waals surface area contributed by atoms with Crippen molar-refractivity contribution in [2.75, 3.05) is 6.61 Å². The average molecular weight is 539 g/mol. The SMILES string of the molecule is CCC(C)CC(C)CC(C)CC(C)/C=C(C)/C=C(/CC(C)C(=O)OCC[C@H](O)C(=O)OC(C)(C)C)C(=O)O. The van der Waals surface area contributed by atoms with Gasteiger partial charge in [0.05, 0.1) is 12.5 Å². The van der Waals surface area contributed by atoms with Gasteiger partial charge in [-0.3, -0.25) is 4.79 Å². The zero-order valence-corrected chi connectivity index (χ0v) is 25.5. The van der Waals surface area contributed by atoms with Crippen LogP contribution in [0.5, 0.6) is 0 Å². The highest BCUT2D eigenvalue weighted by Crippen LogP contribution is 2.26. The highest BCUT2D eigenvalue weighted by molar-refractivity contribution is 5.88. The standard InChI is InChI=1S/C31H54O7/c1-11-20(2)14-21(3)15-22(4)16-23(5)17-24(6)18-26(28(33)34)19-25(7)29(35)37-13-12-27(32)30(36)38-31(8,9)10/h17-18,20-23,25,27,32H,11-16,19H2,1-10H3,(H,33,34)/b24-17+,26-18-/t20?,21?,22?,23?,25?,27-/m0/s1. The first-order valence-electron chi connectivity index (χ1n) is 14.1. The van der Waals surface area contributed by atoms with Crippen molar-refractivity contribution in [3.8, 4) is 0 Å². The van der Waals surface area contributed by atoms with E-state index in [0.29, 0.717) is 17.8 Å². The van der Waals surface area contributed by atoms with Crippen LogP contribution < -0.4 is 0 Å². The van der Waals surface area contributed by atoms with Gasteiger partial charge < -0.3 is 19.7 Å². The normalized spacial score (nSPS) is 17.7. The fourth-order valence-electron chi connectivity index (χ4n) is 4.73. The monoisotopic (exact) mass is 538 g/mol. The fourth-order valence-corrected chi connectivity index (χ4v) is 4.73. The maximum absolute atomic E-state index is 12.4. The fraction of sp³-hybridized carbons (Fsp3) is 0.774. The average Bonchev–Trinajstić information content (AvgIpc) is 2.76. The summed E-state index contributed by atoms with van der Waals surface area (Å²) in [5.74, 6) is -0.776. The van der Waals surface area contributed by atoms with Gasteiger partial charge in [0, 0.05) is 12.0 Å². The van der Waals surface area contributed by atoms with E-state index in [1.54, 1.807) is 33.8 Å². The largest absolute Gasteiger partial charge is 0.478 e. The second kappa shape index (κ2) is 17.4. The zero-order chi connectivity index (χ0) is 29.6. The molecule has 7 nitrogen and oxygen atoms in total. The minimum atomic E-state index is -1.40. The van der Waals surface area contributed by atoms with Crippen LogP contribution in [0.4, 0.5) is 0 Å². The number of hydrogen-bond acceptors (Lipinski definition) is 6. The van der Waals surface area contributed by atoms with Crippen molar-refractivity contribution < 1.29 is 34.1 Å². The number of carboxylic acids is 1. The zero-order valence-electron chi connectivity index (χ0n) is 25.5. The van der Waals surface area contributed by atoms with E-state index in [0.717, 1.165) is 17.9 Å². The van der Waals surface area contributed by atoms with Crippen LogP contribution in [0, 0.1) is 29.6 Å². The van der Waals surface area contributed by atoms with Gasteiger partial charge in [-0.15, -0.1) is 0 Å². The summed E-state index contributed by atoms with van der Waals surface area (Å²) in [6, 6.07) is 0. The third kappa shape index (κ3) is 16.6. The lowest BCUT2D eigenvalue weighted by Gasteiger charge is -2.21. The van der Waals surface area contributed by atoms with Crippen LogP contribution in [-0.4, -0.2) is 46.4 Å². The minimum absolute atomic E-state index is 0.0197. The molecule has 220 valence electrons. The number of allylic oxidation sites excluding steroid dienone is 3. The van der Waals surface area contributed by atoms with Gasteiger partial charge in [-0.1, -0.05) is 59.6 Å². The van der Waals surface area contributed by atoms with Gasteiger partial charge in [-0.25, -0.2) is 9.59 Å². The topological polar surface area (TPSA) is 110 Å². The van der Waals surface area contributed by atoms with Crippen molar-refractivity contribution in [1.29, 1.82) is 0 Å². The molecule has 0 aromatic rings. The Labute approximate surface area is 231 Å². The van der Waals surface area contributed by atoms with Gasteiger partial charge in [0.25, 0.3) is 0 Å². The Morgan fingerprint density at radius 2 is 1.45 bits per heavy atom. The maximum atomic E-state index is 12.4. The van der Waals surface area contributed by atoms with E-state index in [2.05, 4.69) is 40.7 Å². The molecular formula is C31H54O7. The Balaban J connectivity index is 4.89. The van der Waals surface area contributed by atoms with Gasteiger partial charge in [0.1, 0.15) is 5.60 Å². The lowest BCUT2D eigenvalue weighted by molar-refractivity contribution is -0.167. The van der Waals surface area contributed by atoms with Crippen LogP contribution in [0.25, 0.3) is 0 Å². The van der Waals surface area contributed by atoms with E-state index in [1.165, 1.54) is 19.3 Å². The lowest BCUT2D eigenvalue weighted by Crippen LogP contribution is -2.32. The summed E-state index contributed by atoms with van der Waals surface area (Å²) in [6.45, 7) is 19.7. The van der Waals surface area contributed by atoms with Crippen molar-refractivity contribution in [1.82, 2.24) is 0 Å².